The number of rotatable bonds is 3. The van der Waals surface area contributed by atoms with Crippen molar-refractivity contribution in [2.24, 2.45) is 0 Å². The van der Waals surface area contributed by atoms with Crippen LogP contribution in [0.3, 0.4) is 0 Å². The van der Waals surface area contributed by atoms with Crippen LogP contribution in [0.25, 0.3) is 0 Å². The lowest BCUT2D eigenvalue weighted by Crippen LogP contribution is -2.49. The van der Waals surface area contributed by atoms with Gasteiger partial charge in [-0.1, -0.05) is 0 Å². The maximum Gasteiger partial charge on any atom is 0.232 e. The van der Waals surface area contributed by atoms with E-state index in [2.05, 4.69) is 15.2 Å². The minimum absolute atomic E-state index is 0.158. The third kappa shape index (κ3) is 3.37. The fraction of sp³-hybridized carbons (Fsp3) is 0.412. The number of hydrogen-bond acceptors (Lipinski definition) is 5. The Labute approximate surface area is 144 Å². The van der Waals surface area contributed by atoms with Crippen LogP contribution >= 0.6 is 0 Å². The molecule has 1 amide bonds. The van der Waals surface area contributed by atoms with Crippen LogP contribution in [0.5, 0.6) is 0 Å². The number of ether oxygens (including phenoxy) is 1. The Morgan fingerprint density at radius 1 is 1.48 bits per heavy atom. The average molecular weight is 343 g/mol. The van der Waals surface area contributed by atoms with Gasteiger partial charge in [-0.25, -0.2) is 9.37 Å². The molecule has 25 heavy (non-hydrogen) atoms. The van der Waals surface area contributed by atoms with Gasteiger partial charge in [0.15, 0.2) is 5.82 Å². The van der Waals surface area contributed by atoms with Gasteiger partial charge < -0.3 is 9.64 Å². The highest BCUT2D eigenvalue weighted by atomic mass is 19.1. The van der Waals surface area contributed by atoms with Crippen LogP contribution in [-0.4, -0.2) is 45.7 Å². The quantitative estimate of drug-likeness (QED) is 0.915. The van der Waals surface area contributed by atoms with Crippen LogP contribution < -0.4 is 0 Å². The summed E-state index contributed by atoms with van der Waals surface area (Å²) in [6.45, 7) is 4.60. The minimum Gasteiger partial charge on any atom is -0.367 e. The van der Waals surface area contributed by atoms with Gasteiger partial charge in [-0.05, 0) is 37.6 Å². The largest absolute Gasteiger partial charge is 0.367 e. The van der Waals surface area contributed by atoms with Crippen molar-refractivity contribution in [1.82, 2.24) is 20.1 Å². The van der Waals surface area contributed by atoms with Crippen molar-refractivity contribution >= 4 is 5.91 Å². The fourth-order valence-corrected chi connectivity index (χ4v) is 2.90. The molecule has 8 heteroatoms. The molecule has 0 spiro atoms. The van der Waals surface area contributed by atoms with E-state index in [9.17, 15) is 9.18 Å². The Hall–Kier alpha value is -2.79. The molecule has 1 fully saturated rings. The third-order valence-electron chi connectivity index (χ3n) is 4.38. The summed E-state index contributed by atoms with van der Waals surface area (Å²) in [6.07, 6.45) is 1.01. The molecule has 1 saturated heterocycles. The number of aromatic nitrogens is 3. The van der Waals surface area contributed by atoms with E-state index in [-0.39, 0.29) is 17.6 Å². The zero-order valence-electron chi connectivity index (χ0n) is 14.0. The van der Waals surface area contributed by atoms with Crippen LogP contribution in [-0.2, 0) is 14.9 Å². The molecule has 1 atom stereocenters. The van der Waals surface area contributed by atoms with Gasteiger partial charge in [0.05, 0.1) is 30.2 Å². The Balaban J connectivity index is 1.83. The first kappa shape index (κ1) is 17.0. The first-order valence-electron chi connectivity index (χ1n) is 7.89. The number of carbonyl (C=O) groups is 1. The van der Waals surface area contributed by atoms with Crippen molar-refractivity contribution in [1.29, 1.82) is 5.26 Å². The highest BCUT2D eigenvalue weighted by Crippen LogP contribution is 2.29. The first-order valence-corrected chi connectivity index (χ1v) is 7.89. The van der Waals surface area contributed by atoms with Gasteiger partial charge in [0.1, 0.15) is 18.2 Å². The minimum atomic E-state index is -0.975. The molecule has 0 radical (unpaired) electrons. The molecule has 1 N–H and O–H groups in total. The molecule has 1 aliphatic heterocycles. The summed E-state index contributed by atoms with van der Waals surface area (Å²) >= 11 is 0. The van der Waals surface area contributed by atoms with Crippen LogP contribution in [0.2, 0.25) is 0 Å². The van der Waals surface area contributed by atoms with Gasteiger partial charge in [-0.3, -0.25) is 9.89 Å². The second-order valence-corrected chi connectivity index (χ2v) is 6.45. The molecular formula is C17H18FN5O2. The summed E-state index contributed by atoms with van der Waals surface area (Å²) in [7, 11) is 0. The van der Waals surface area contributed by atoms with Crippen LogP contribution in [0.1, 0.15) is 36.9 Å². The van der Waals surface area contributed by atoms with Gasteiger partial charge in [0.25, 0.3) is 0 Å². The van der Waals surface area contributed by atoms with E-state index >= 15 is 0 Å². The van der Waals surface area contributed by atoms with Crippen LogP contribution in [0.15, 0.2) is 24.5 Å². The number of aromatic amines is 1. The van der Waals surface area contributed by atoms with Crippen LogP contribution in [0, 0.1) is 17.1 Å². The number of nitriles is 1. The zero-order chi connectivity index (χ0) is 18.0. The van der Waals surface area contributed by atoms with Crippen molar-refractivity contribution < 1.29 is 13.9 Å². The number of hydrogen-bond donors (Lipinski definition) is 1. The molecule has 2 heterocycles. The Bertz CT molecular complexity index is 813. The van der Waals surface area contributed by atoms with Gasteiger partial charge in [0.2, 0.25) is 5.91 Å². The van der Waals surface area contributed by atoms with Crippen molar-refractivity contribution in [3.05, 3.63) is 47.3 Å². The number of carbonyl (C=O) groups excluding carboxylic acids is 1. The summed E-state index contributed by atoms with van der Waals surface area (Å²) in [6, 6.07) is 5.92. The molecule has 0 aliphatic carbocycles. The molecule has 130 valence electrons. The maximum atomic E-state index is 13.8. The molecule has 1 unspecified atom stereocenters. The van der Waals surface area contributed by atoms with Crippen molar-refractivity contribution in [2.75, 3.05) is 19.7 Å². The second kappa shape index (κ2) is 6.61. The predicted octanol–water partition coefficient (Wildman–Crippen LogP) is 1.69. The summed E-state index contributed by atoms with van der Waals surface area (Å²) in [4.78, 5) is 18.8. The van der Waals surface area contributed by atoms with E-state index in [1.807, 2.05) is 6.07 Å². The molecule has 7 nitrogen and oxygen atoms in total. The Morgan fingerprint density at radius 3 is 2.96 bits per heavy atom. The zero-order valence-corrected chi connectivity index (χ0v) is 14.0. The molecule has 1 aromatic heterocycles. The predicted molar refractivity (Wildman–Crippen MR) is 85.8 cm³/mol. The second-order valence-electron chi connectivity index (χ2n) is 6.45. The number of amides is 1. The topological polar surface area (TPSA) is 94.9 Å². The number of H-pyrrole nitrogens is 1. The number of halogens is 1. The van der Waals surface area contributed by atoms with Gasteiger partial charge in [-0.15, -0.1) is 0 Å². The van der Waals surface area contributed by atoms with E-state index in [1.54, 1.807) is 24.8 Å². The lowest BCUT2D eigenvalue weighted by molar-refractivity contribution is -0.144. The number of benzene rings is 1. The summed E-state index contributed by atoms with van der Waals surface area (Å²) < 4.78 is 19.4. The molecule has 0 saturated carbocycles. The first-order chi connectivity index (χ1) is 11.9. The van der Waals surface area contributed by atoms with Crippen molar-refractivity contribution in [3.63, 3.8) is 0 Å². The van der Waals surface area contributed by atoms with E-state index < -0.39 is 11.2 Å². The van der Waals surface area contributed by atoms with Crippen LogP contribution in [0.4, 0.5) is 4.39 Å². The molecule has 1 aromatic carbocycles. The van der Waals surface area contributed by atoms with E-state index in [0.717, 1.165) is 6.07 Å². The molecule has 2 aromatic rings. The molecular weight excluding hydrogens is 325 g/mol. The Morgan fingerprint density at radius 2 is 2.28 bits per heavy atom. The lowest BCUT2D eigenvalue weighted by Gasteiger charge is -2.37. The van der Waals surface area contributed by atoms with Gasteiger partial charge >= 0.3 is 0 Å². The monoisotopic (exact) mass is 343 g/mol. The standard InChI is InChI=1S/C17H18FN5O2/c1-17(2,12-5-11(8-19)6-13(18)7-12)16(24)23-3-4-25-14(9-23)15-20-10-21-22-15/h5-7,10,14H,3-4,9H2,1-2H3,(H,20,21,22). The highest BCUT2D eigenvalue weighted by molar-refractivity contribution is 5.87. The highest BCUT2D eigenvalue weighted by Gasteiger charge is 2.37. The smallest absolute Gasteiger partial charge is 0.232 e. The third-order valence-corrected chi connectivity index (χ3v) is 4.38. The molecule has 0 bridgehead atoms. The van der Waals surface area contributed by atoms with E-state index in [4.69, 9.17) is 10.00 Å². The van der Waals surface area contributed by atoms with E-state index in [0.29, 0.717) is 31.1 Å². The maximum absolute atomic E-state index is 13.8. The normalized spacial score (nSPS) is 18.0. The molecule has 1 aliphatic rings. The summed E-state index contributed by atoms with van der Waals surface area (Å²) in [5.41, 5.74) is -0.314. The number of nitrogens with one attached hydrogen (secondary N) is 1. The fourth-order valence-electron chi connectivity index (χ4n) is 2.90. The number of nitrogens with zero attached hydrogens (tertiary/aromatic N) is 4. The summed E-state index contributed by atoms with van der Waals surface area (Å²) in [5.74, 6) is -0.126. The van der Waals surface area contributed by atoms with Crippen molar-refractivity contribution in [2.45, 2.75) is 25.4 Å². The number of morpholine rings is 1. The van der Waals surface area contributed by atoms with E-state index in [1.165, 1.54) is 12.4 Å². The molecule has 3 rings (SSSR count). The van der Waals surface area contributed by atoms with Crippen molar-refractivity contribution in [3.8, 4) is 6.07 Å². The Kier molecular flexibility index (Phi) is 4.51. The van der Waals surface area contributed by atoms with Gasteiger partial charge in [0, 0.05) is 6.54 Å². The SMILES string of the molecule is CC(C)(C(=O)N1CCOC(c2ncn[nH]2)C1)c1cc(F)cc(C#N)c1. The van der Waals surface area contributed by atoms with Gasteiger partial charge in [-0.2, -0.15) is 10.4 Å². The lowest BCUT2D eigenvalue weighted by atomic mass is 9.82. The average Bonchev–Trinajstić information content (AvgIpc) is 3.15. The summed E-state index contributed by atoms with van der Waals surface area (Å²) in [5, 5.41) is 15.6.